The second kappa shape index (κ2) is 11.2. The van der Waals surface area contributed by atoms with Gasteiger partial charge in [-0.25, -0.2) is 22.6 Å². The maximum atomic E-state index is 15.6. The minimum Gasteiger partial charge on any atom is -0.465 e. The lowest BCUT2D eigenvalue weighted by Crippen LogP contribution is -2.49. The highest BCUT2D eigenvalue weighted by Gasteiger charge is 2.44. The molecule has 9 nitrogen and oxygen atoms in total. The summed E-state index contributed by atoms with van der Waals surface area (Å²) in [6.07, 6.45) is 2.71. The van der Waals surface area contributed by atoms with E-state index in [2.05, 4.69) is 15.6 Å². The number of benzene rings is 3. The van der Waals surface area contributed by atoms with Crippen molar-refractivity contribution in [1.82, 2.24) is 25.2 Å². The molecule has 2 unspecified atom stereocenters. The first-order valence-corrected chi connectivity index (χ1v) is 14.7. The number of carbonyl (C=O) groups is 2. The van der Waals surface area contributed by atoms with Crippen LogP contribution >= 0.6 is 0 Å². The molecule has 2 aliphatic rings. The van der Waals surface area contributed by atoms with Crippen molar-refractivity contribution in [1.29, 1.82) is 5.26 Å². The van der Waals surface area contributed by atoms with E-state index in [1.54, 1.807) is 18.2 Å². The highest BCUT2D eigenvalue weighted by atomic mass is 19.2. The maximum absolute atomic E-state index is 15.6. The maximum Gasteiger partial charge on any atom is 0.405 e. The lowest BCUT2D eigenvalue weighted by Gasteiger charge is -2.41. The molecular formula is C33H31F3N6O3. The molecule has 2 bridgehead atoms. The van der Waals surface area contributed by atoms with Crippen LogP contribution in [0.3, 0.4) is 0 Å². The van der Waals surface area contributed by atoms with Gasteiger partial charge in [0.1, 0.15) is 22.9 Å². The number of fused-ring (bicyclic) bond motifs is 3. The number of nitrogens with one attached hydrogen (secondary N) is 1. The molecule has 2 aliphatic heterocycles. The number of amides is 2. The van der Waals surface area contributed by atoms with Crippen LogP contribution in [0.4, 0.5) is 18.0 Å². The van der Waals surface area contributed by atoms with Gasteiger partial charge in [0.15, 0.2) is 11.6 Å². The summed E-state index contributed by atoms with van der Waals surface area (Å²) in [6.45, 7) is 3.71. The van der Waals surface area contributed by atoms with Crippen LogP contribution in [0, 0.1) is 34.7 Å². The van der Waals surface area contributed by atoms with Crippen LogP contribution in [0.1, 0.15) is 61.9 Å². The van der Waals surface area contributed by atoms with Crippen molar-refractivity contribution >= 4 is 23.0 Å². The molecule has 0 radical (unpaired) electrons. The normalized spacial score (nSPS) is 19.5. The van der Waals surface area contributed by atoms with Crippen LogP contribution in [0.2, 0.25) is 0 Å². The topological polar surface area (TPSA) is 124 Å². The highest BCUT2D eigenvalue weighted by molar-refractivity contribution is 5.99. The molecule has 2 amide bonds. The second-order valence-corrected chi connectivity index (χ2v) is 12.7. The number of rotatable bonds is 6. The van der Waals surface area contributed by atoms with Gasteiger partial charge >= 0.3 is 6.09 Å². The van der Waals surface area contributed by atoms with E-state index < -0.39 is 29.1 Å². The number of halogens is 3. The summed E-state index contributed by atoms with van der Waals surface area (Å²) in [4.78, 5) is 27.2. The molecule has 0 spiro atoms. The Kier molecular flexibility index (Phi) is 7.51. The number of aromatic nitrogens is 3. The fourth-order valence-electron chi connectivity index (χ4n) is 7.27. The van der Waals surface area contributed by atoms with Crippen molar-refractivity contribution in [3.8, 4) is 28.3 Å². The van der Waals surface area contributed by atoms with E-state index in [9.17, 15) is 24.3 Å². The Morgan fingerprint density at radius 1 is 1.02 bits per heavy atom. The van der Waals surface area contributed by atoms with Crippen molar-refractivity contribution in [2.24, 2.45) is 13.0 Å². The summed E-state index contributed by atoms with van der Waals surface area (Å²) in [6, 6.07) is 11.7. The molecule has 3 heterocycles. The minimum atomic E-state index is -1.14. The largest absolute Gasteiger partial charge is 0.465 e. The van der Waals surface area contributed by atoms with Gasteiger partial charge in [0.2, 0.25) is 0 Å². The van der Waals surface area contributed by atoms with Crippen LogP contribution in [0.15, 0.2) is 42.5 Å². The third-order valence-electron chi connectivity index (χ3n) is 9.04. The number of aryl methyl sites for hydroxylation is 1. The minimum absolute atomic E-state index is 0.0250. The predicted octanol–water partition coefficient (Wildman–Crippen LogP) is 6.41. The van der Waals surface area contributed by atoms with Gasteiger partial charge in [-0.3, -0.25) is 4.79 Å². The SMILES string of the molecule is Cn1nnc2cc(-c3ccc(C(=O)N4C5CCC4CC(CC(C)(C)NC(=O)O)C5)cc3-c3ccc(C#N)c(F)c3)c(F)c(F)c21. The van der Waals surface area contributed by atoms with Crippen LogP contribution in [0.25, 0.3) is 33.3 Å². The first kappa shape index (κ1) is 30.1. The van der Waals surface area contributed by atoms with Gasteiger partial charge < -0.3 is 15.3 Å². The third-order valence-corrected chi connectivity index (χ3v) is 9.04. The van der Waals surface area contributed by atoms with Gasteiger partial charge in [-0.1, -0.05) is 17.3 Å². The summed E-state index contributed by atoms with van der Waals surface area (Å²) in [5.41, 5.74) is 0.216. The molecule has 45 heavy (non-hydrogen) atoms. The van der Waals surface area contributed by atoms with Crippen molar-refractivity contribution in [3.05, 3.63) is 71.0 Å². The lowest BCUT2D eigenvalue weighted by atomic mass is 9.81. The van der Waals surface area contributed by atoms with E-state index >= 15 is 8.78 Å². The Bertz CT molecular complexity index is 1880. The summed E-state index contributed by atoms with van der Waals surface area (Å²) >= 11 is 0. The highest BCUT2D eigenvalue weighted by Crippen LogP contribution is 2.43. The number of piperidine rings is 1. The quantitative estimate of drug-likeness (QED) is 0.258. The third kappa shape index (κ3) is 5.47. The molecule has 1 aromatic heterocycles. The van der Waals surface area contributed by atoms with Crippen LogP contribution < -0.4 is 5.32 Å². The van der Waals surface area contributed by atoms with E-state index in [0.717, 1.165) is 36.4 Å². The Morgan fingerprint density at radius 3 is 2.38 bits per heavy atom. The van der Waals surface area contributed by atoms with Gasteiger partial charge in [-0.2, -0.15) is 5.26 Å². The van der Waals surface area contributed by atoms with Crippen molar-refractivity contribution in [2.75, 3.05) is 0 Å². The van der Waals surface area contributed by atoms with Gasteiger partial charge in [0.25, 0.3) is 5.91 Å². The molecule has 232 valence electrons. The Balaban J connectivity index is 1.38. The lowest BCUT2D eigenvalue weighted by molar-refractivity contribution is 0.0494. The van der Waals surface area contributed by atoms with Crippen molar-refractivity contribution in [2.45, 2.75) is 63.6 Å². The molecule has 12 heteroatoms. The molecule has 2 N–H and O–H groups in total. The predicted molar refractivity (Wildman–Crippen MR) is 160 cm³/mol. The summed E-state index contributed by atoms with van der Waals surface area (Å²) in [5, 5.41) is 28.8. The first-order valence-electron chi connectivity index (χ1n) is 14.7. The Labute approximate surface area is 257 Å². The van der Waals surface area contributed by atoms with Crippen LogP contribution in [-0.2, 0) is 7.05 Å². The van der Waals surface area contributed by atoms with E-state index in [1.165, 1.54) is 31.3 Å². The molecule has 6 rings (SSSR count). The summed E-state index contributed by atoms with van der Waals surface area (Å²) in [5.74, 6) is -3.03. The smallest absolute Gasteiger partial charge is 0.405 e. The van der Waals surface area contributed by atoms with Gasteiger partial charge in [0.05, 0.1) is 5.56 Å². The number of nitriles is 1. The molecular weight excluding hydrogens is 585 g/mol. The number of hydrogen-bond acceptors (Lipinski definition) is 5. The van der Waals surface area contributed by atoms with Crippen LogP contribution in [0.5, 0.6) is 0 Å². The number of carbonyl (C=O) groups excluding carboxylic acids is 1. The summed E-state index contributed by atoms with van der Waals surface area (Å²) in [7, 11) is 1.45. The zero-order valence-electron chi connectivity index (χ0n) is 24.9. The van der Waals surface area contributed by atoms with E-state index in [4.69, 9.17) is 0 Å². The molecule has 3 aromatic carbocycles. The molecule has 0 aliphatic carbocycles. The summed E-state index contributed by atoms with van der Waals surface area (Å²) < 4.78 is 46.7. The molecule has 0 saturated carbocycles. The Morgan fingerprint density at radius 2 is 1.73 bits per heavy atom. The van der Waals surface area contributed by atoms with Crippen molar-refractivity contribution < 1.29 is 27.9 Å². The molecule has 2 saturated heterocycles. The fraction of sp³-hybridized carbons (Fsp3) is 0.364. The molecule has 2 fully saturated rings. The van der Waals surface area contributed by atoms with E-state index in [0.29, 0.717) is 12.0 Å². The zero-order chi connectivity index (χ0) is 32.2. The zero-order valence-corrected chi connectivity index (χ0v) is 24.9. The first-order chi connectivity index (χ1) is 21.4. The standard InChI is InChI=1S/C33H31F3N6O3/c1-33(2,38-32(44)45)15-17-10-21-7-8-22(11-17)42(21)31(43)19-6-9-23(24(12-19)18-4-5-20(16-37)26(34)13-18)25-14-27-30(29(36)28(25)35)41(3)40-39-27/h4-6,9,12-14,17,21-22,38H,7-8,10-11,15H2,1-3H3,(H,44,45). The Hall–Kier alpha value is -4.92. The average molecular weight is 617 g/mol. The molecule has 2 atom stereocenters. The number of carboxylic acid groups (broad SMARTS) is 1. The van der Waals surface area contributed by atoms with E-state index in [-0.39, 0.29) is 62.8 Å². The van der Waals surface area contributed by atoms with E-state index in [1.807, 2.05) is 18.7 Å². The van der Waals surface area contributed by atoms with Crippen LogP contribution in [-0.4, -0.2) is 54.6 Å². The fourth-order valence-corrected chi connectivity index (χ4v) is 7.27. The number of nitrogens with zero attached hydrogens (tertiary/aromatic N) is 5. The number of hydrogen-bond donors (Lipinski definition) is 2. The monoisotopic (exact) mass is 616 g/mol. The van der Waals surface area contributed by atoms with Gasteiger partial charge in [0, 0.05) is 35.8 Å². The van der Waals surface area contributed by atoms with Crippen molar-refractivity contribution in [3.63, 3.8) is 0 Å². The van der Waals surface area contributed by atoms with Gasteiger partial charge in [-0.15, -0.1) is 5.10 Å². The second-order valence-electron chi connectivity index (χ2n) is 12.7. The molecule has 4 aromatic rings. The average Bonchev–Trinajstić information content (AvgIpc) is 3.49. The van der Waals surface area contributed by atoms with Gasteiger partial charge in [-0.05, 0) is 98.9 Å².